The maximum absolute atomic E-state index is 11.9. The lowest BCUT2D eigenvalue weighted by atomic mass is 9.66. The molecule has 1 aliphatic heterocycles. The Morgan fingerprint density at radius 2 is 1.74 bits per heavy atom. The summed E-state index contributed by atoms with van der Waals surface area (Å²) in [7, 11) is 0. The lowest BCUT2D eigenvalue weighted by molar-refractivity contribution is 0.000661. The minimum Gasteiger partial charge on any atom is -0.506 e. The zero-order valence-electron chi connectivity index (χ0n) is 14.7. The summed E-state index contributed by atoms with van der Waals surface area (Å²) in [6.45, 7) is 11.8. The number of primary amides is 1. The smallest absolute Gasteiger partial charge is 0.249 e. The number of hydroxylamine groups is 1. The summed E-state index contributed by atoms with van der Waals surface area (Å²) in [6, 6.07) is 7.03. The van der Waals surface area contributed by atoms with Crippen molar-refractivity contribution in [3.63, 3.8) is 0 Å². The molecule has 1 aliphatic rings. The van der Waals surface area contributed by atoms with Crippen molar-refractivity contribution in [3.8, 4) is 0 Å². The molecule has 0 spiro atoms. The van der Waals surface area contributed by atoms with Gasteiger partial charge in [-0.25, -0.2) is 0 Å². The van der Waals surface area contributed by atoms with E-state index in [9.17, 15) is 9.90 Å². The zero-order chi connectivity index (χ0) is 17.6. The van der Waals surface area contributed by atoms with Crippen LogP contribution in [-0.2, 0) is 10.4 Å². The number of carbonyl (C=O) groups excluding carboxylic acids is 1. The van der Waals surface area contributed by atoms with E-state index in [1.807, 2.05) is 47.6 Å². The molecule has 126 valence electrons. The lowest BCUT2D eigenvalue weighted by Crippen LogP contribution is -2.51. The van der Waals surface area contributed by atoms with E-state index in [1.54, 1.807) is 18.2 Å². The van der Waals surface area contributed by atoms with Gasteiger partial charge in [-0.05, 0) is 17.0 Å². The van der Waals surface area contributed by atoms with Crippen LogP contribution in [0.4, 0.5) is 0 Å². The highest BCUT2D eigenvalue weighted by Crippen LogP contribution is 2.51. The average molecular weight is 318 g/mol. The second-order valence-corrected chi connectivity index (χ2v) is 8.04. The van der Waals surface area contributed by atoms with Gasteiger partial charge in [0.15, 0.2) is 11.5 Å². The molecule has 1 aromatic carbocycles. The summed E-state index contributed by atoms with van der Waals surface area (Å²) in [6.07, 6.45) is 0. The number of nitrogens with two attached hydrogens (primary N) is 1. The number of amides is 1. The molecule has 4 N–H and O–H groups in total. The number of carbonyl (C=O) groups is 1. The molecule has 1 atom stereocenters. The van der Waals surface area contributed by atoms with Crippen LogP contribution in [0.5, 0.6) is 0 Å². The number of nitrogens with one attached hydrogen (secondary N) is 1. The second kappa shape index (κ2) is 5.27. The van der Waals surface area contributed by atoms with Crippen molar-refractivity contribution in [1.82, 2.24) is 5.48 Å². The third kappa shape index (κ3) is 2.59. The third-order valence-electron chi connectivity index (χ3n) is 4.28. The normalized spacial score (nSPS) is 22.2. The topological polar surface area (TPSA) is 84.6 Å². The van der Waals surface area contributed by atoms with Crippen LogP contribution < -0.4 is 11.2 Å². The first kappa shape index (κ1) is 17.3. The molecule has 0 aliphatic carbocycles. The van der Waals surface area contributed by atoms with E-state index in [-0.39, 0.29) is 11.2 Å². The van der Waals surface area contributed by atoms with E-state index in [1.165, 1.54) is 0 Å². The van der Waals surface area contributed by atoms with Gasteiger partial charge in [-0.2, -0.15) is 0 Å². The first-order chi connectivity index (χ1) is 10.4. The predicted molar refractivity (Wildman–Crippen MR) is 89.4 cm³/mol. The molecule has 0 saturated carbocycles. The highest BCUT2D eigenvalue weighted by Gasteiger charge is 2.56. The Hall–Kier alpha value is -2.01. The third-order valence-corrected chi connectivity index (χ3v) is 4.28. The van der Waals surface area contributed by atoms with Gasteiger partial charge in [0.2, 0.25) is 5.91 Å². The molecule has 1 heterocycles. The number of hydrogen-bond donors (Lipinski definition) is 3. The van der Waals surface area contributed by atoms with Gasteiger partial charge in [0, 0.05) is 11.0 Å². The van der Waals surface area contributed by atoms with Crippen LogP contribution >= 0.6 is 0 Å². The summed E-state index contributed by atoms with van der Waals surface area (Å²) >= 11 is 0. The Morgan fingerprint density at radius 3 is 2.17 bits per heavy atom. The number of allylic oxidation sites excluding steroid dienone is 1. The average Bonchev–Trinajstić information content (AvgIpc) is 2.76. The van der Waals surface area contributed by atoms with Gasteiger partial charge < -0.3 is 15.7 Å². The van der Waals surface area contributed by atoms with Crippen LogP contribution in [0.1, 0.15) is 57.5 Å². The van der Waals surface area contributed by atoms with Crippen molar-refractivity contribution in [1.29, 1.82) is 0 Å². The van der Waals surface area contributed by atoms with Crippen molar-refractivity contribution in [2.24, 2.45) is 16.6 Å². The number of benzene rings is 1. The number of hydrogen-bond acceptors (Lipinski definition) is 4. The fraction of sp³-hybridized carbons (Fsp3) is 0.500. The minimum atomic E-state index is -1.05. The molecule has 0 fully saturated rings. The Morgan fingerprint density at radius 1 is 1.17 bits per heavy atom. The number of aliphatic hydroxyl groups excluding tert-OH is 1. The fourth-order valence-corrected chi connectivity index (χ4v) is 3.02. The van der Waals surface area contributed by atoms with Crippen molar-refractivity contribution in [2.75, 3.05) is 0 Å². The molecular formula is C18H26N2O3. The van der Waals surface area contributed by atoms with Gasteiger partial charge in [-0.3, -0.25) is 4.79 Å². The summed E-state index contributed by atoms with van der Waals surface area (Å²) < 4.78 is 0. The van der Waals surface area contributed by atoms with Crippen LogP contribution in [0.3, 0.4) is 0 Å². The van der Waals surface area contributed by atoms with E-state index in [2.05, 4.69) is 5.48 Å². The Labute approximate surface area is 137 Å². The van der Waals surface area contributed by atoms with Gasteiger partial charge in [0.1, 0.15) is 5.54 Å². The Balaban J connectivity index is 2.81. The standard InChI is InChI=1S/C18H26N2O3/c1-16(2,3)14-13(21)18(20-23-14,17(4,5)6)12-10-8-7-9-11(12)15(19)22/h7-10,20-21H,1-6H3,(H2,19,22). The van der Waals surface area contributed by atoms with E-state index in [0.717, 1.165) is 0 Å². The van der Waals surface area contributed by atoms with E-state index >= 15 is 0 Å². The van der Waals surface area contributed by atoms with Gasteiger partial charge in [0.25, 0.3) is 0 Å². The lowest BCUT2D eigenvalue weighted by Gasteiger charge is -2.41. The molecule has 5 heteroatoms. The molecule has 2 rings (SSSR count). The first-order valence-electron chi connectivity index (χ1n) is 7.70. The van der Waals surface area contributed by atoms with Crippen LogP contribution in [0.2, 0.25) is 0 Å². The quantitative estimate of drug-likeness (QED) is 0.780. The fourth-order valence-electron chi connectivity index (χ4n) is 3.02. The molecule has 23 heavy (non-hydrogen) atoms. The van der Waals surface area contributed by atoms with Gasteiger partial charge in [-0.1, -0.05) is 59.7 Å². The van der Waals surface area contributed by atoms with Gasteiger partial charge in [-0.15, -0.1) is 5.48 Å². The molecule has 0 radical (unpaired) electrons. The summed E-state index contributed by atoms with van der Waals surface area (Å²) in [5.74, 6) is 0.0148. The van der Waals surface area contributed by atoms with Gasteiger partial charge >= 0.3 is 0 Å². The number of aliphatic hydroxyl groups is 1. The maximum atomic E-state index is 11.9. The minimum absolute atomic E-state index is 0.0891. The highest BCUT2D eigenvalue weighted by molar-refractivity contribution is 5.95. The summed E-state index contributed by atoms with van der Waals surface area (Å²) in [4.78, 5) is 17.6. The van der Waals surface area contributed by atoms with Crippen molar-refractivity contribution < 1.29 is 14.7 Å². The van der Waals surface area contributed by atoms with Crippen LogP contribution in [0, 0.1) is 10.8 Å². The number of rotatable bonds is 2. The summed E-state index contributed by atoms with van der Waals surface area (Å²) in [5, 5.41) is 11.1. The molecule has 1 aromatic rings. The van der Waals surface area contributed by atoms with Crippen LogP contribution in [0.25, 0.3) is 0 Å². The van der Waals surface area contributed by atoms with Crippen molar-refractivity contribution in [2.45, 2.75) is 47.1 Å². The molecule has 0 bridgehead atoms. The van der Waals surface area contributed by atoms with Crippen LogP contribution in [0.15, 0.2) is 35.8 Å². The monoisotopic (exact) mass is 318 g/mol. The Kier molecular flexibility index (Phi) is 3.97. The second-order valence-electron chi connectivity index (χ2n) is 8.04. The van der Waals surface area contributed by atoms with E-state index in [4.69, 9.17) is 10.6 Å². The van der Waals surface area contributed by atoms with E-state index < -0.39 is 16.9 Å². The molecular weight excluding hydrogens is 292 g/mol. The van der Waals surface area contributed by atoms with E-state index in [0.29, 0.717) is 16.9 Å². The van der Waals surface area contributed by atoms with Crippen molar-refractivity contribution in [3.05, 3.63) is 46.9 Å². The largest absolute Gasteiger partial charge is 0.506 e. The van der Waals surface area contributed by atoms with Gasteiger partial charge in [0.05, 0.1) is 0 Å². The van der Waals surface area contributed by atoms with Crippen LogP contribution in [-0.4, -0.2) is 11.0 Å². The molecule has 1 unspecified atom stereocenters. The maximum Gasteiger partial charge on any atom is 0.249 e. The molecule has 0 saturated heterocycles. The first-order valence-corrected chi connectivity index (χ1v) is 7.70. The Bertz CT molecular complexity index is 666. The molecule has 0 aromatic heterocycles. The SMILES string of the molecule is CC(C)(C)C1=C(O)C(c2ccccc2C(N)=O)(C(C)(C)C)NO1. The zero-order valence-corrected chi connectivity index (χ0v) is 14.7. The van der Waals surface area contributed by atoms with Crippen molar-refractivity contribution >= 4 is 5.91 Å². The predicted octanol–water partition coefficient (Wildman–Crippen LogP) is 3.38. The summed E-state index contributed by atoms with van der Waals surface area (Å²) in [5.41, 5.74) is 7.60. The highest BCUT2D eigenvalue weighted by atomic mass is 16.7. The molecule has 5 nitrogen and oxygen atoms in total. The molecule has 1 amide bonds.